The molecule has 114 valence electrons. The first kappa shape index (κ1) is 14.5. The Morgan fingerprint density at radius 2 is 2.05 bits per heavy atom. The molecule has 1 aromatic rings. The topological polar surface area (TPSA) is 35.6 Å². The van der Waals surface area contributed by atoms with E-state index in [1.54, 1.807) is 19.1 Å². The number of hydrogen-bond acceptors (Lipinski definition) is 3. The standard InChI is InChI=1S/C16H22FN3O/c1-12-10-13(2-3-15(12)17)16(21)20-7-4-14(11-20)19-8-5-18-6-9-19/h2-3,10,14,18H,4-9,11H2,1H3. The van der Waals surface area contributed by atoms with E-state index in [0.29, 0.717) is 17.2 Å². The summed E-state index contributed by atoms with van der Waals surface area (Å²) in [5, 5.41) is 3.35. The zero-order valence-electron chi connectivity index (χ0n) is 12.4. The van der Waals surface area contributed by atoms with Crippen molar-refractivity contribution < 1.29 is 9.18 Å². The molecule has 2 fully saturated rings. The van der Waals surface area contributed by atoms with Crippen LogP contribution in [0.3, 0.4) is 0 Å². The number of hydrogen-bond donors (Lipinski definition) is 1. The fraction of sp³-hybridized carbons (Fsp3) is 0.562. The van der Waals surface area contributed by atoms with Gasteiger partial charge in [-0.2, -0.15) is 0 Å². The van der Waals surface area contributed by atoms with Crippen LogP contribution in [0, 0.1) is 12.7 Å². The summed E-state index contributed by atoms with van der Waals surface area (Å²) < 4.78 is 13.3. The number of piperazine rings is 1. The summed E-state index contributed by atoms with van der Waals surface area (Å²) in [4.78, 5) is 16.9. The van der Waals surface area contributed by atoms with Gasteiger partial charge in [-0.25, -0.2) is 4.39 Å². The van der Waals surface area contributed by atoms with E-state index in [0.717, 1.165) is 45.7 Å². The van der Waals surface area contributed by atoms with Crippen LogP contribution in [-0.4, -0.2) is 61.0 Å². The summed E-state index contributed by atoms with van der Waals surface area (Å²) in [5.41, 5.74) is 1.12. The molecule has 0 aromatic heterocycles. The highest BCUT2D eigenvalue weighted by molar-refractivity contribution is 5.94. The van der Waals surface area contributed by atoms with Crippen molar-refractivity contribution in [2.24, 2.45) is 0 Å². The number of aryl methyl sites for hydroxylation is 1. The Hall–Kier alpha value is -1.46. The van der Waals surface area contributed by atoms with Crippen LogP contribution in [0.25, 0.3) is 0 Å². The van der Waals surface area contributed by atoms with Crippen molar-refractivity contribution in [1.29, 1.82) is 0 Å². The lowest BCUT2D eigenvalue weighted by Crippen LogP contribution is -2.49. The van der Waals surface area contributed by atoms with Crippen LogP contribution in [0.5, 0.6) is 0 Å². The van der Waals surface area contributed by atoms with E-state index in [-0.39, 0.29) is 11.7 Å². The first-order valence-electron chi connectivity index (χ1n) is 7.65. The van der Waals surface area contributed by atoms with Gasteiger partial charge < -0.3 is 10.2 Å². The van der Waals surface area contributed by atoms with Gasteiger partial charge in [0.15, 0.2) is 0 Å². The van der Waals surface area contributed by atoms with Crippen molar-refractivity contribution in [2.45, 2.75) is 19.4 Å². The highest BCUT2D eigenvalue weighted by Gasteiger charge is 2.31. The quantitative estimate of drug-likeness (QED) is 0.891. The Bertz CT molecular complexity index is 528. The number of benzene rings is 1. The minimum atomic E-state index is -0.258. The van der Waals surface area contributed by atoms with Crippen molar-refractivity contribution in [3.8, 4) is 0 Å². The number of carbonyl (C=O) groups excluding carboxylic acids is 1. The number of likely N-dealkylation sites (tertiary alicyclic amines) is 1. The van der Waals surface area contributed by atoms with Gasteiger partial charge in [0.05, 0.1) is 0 Å². The predicted molar refractivity (Wildman–Crippen MR) is 79.9 cm³/mol. The van der Waals surface area contributed by atoms with Crippen molar-refractivity contribution in [3.63, 3.8) is 0 Å². The predicted octanol–water partition coefficient (Wildman–Crippen LogP) is 1.25. The fourth-order valence-corrected chi connectivity index (χ4v) is 3.23. The molecule has 0 bridgehead atoms. The molecule has 0 aliphatic carbocycles. The summed E-state index contributed by atoms with van der Waals surface area (Å²) in [6.07, 6.45) is 1.03. The fourth-order valence-electron chi connectivity index (χ4n) is 3.23. The number of nitrogens with one attached hydrogen (secondary N) is 1. The van der Waals surface area contributed by atoms with Gasteiger partial charge in [-0.1, -0.05) is 0 Å². The lowest BCUT2D eigenvalue weighted by Gasteiger charge is -2.32. The minimum absolute atomic E-state index is 0.0238. The van der Waals surface area contributed by atoms with E-state index < -0.39 is 0 Å². The second-order valence-electron chi connectivity index (χ2n) is 5.94. The van der Waals surface area contributed by atoms with E-state index in [4.69, 9.17) is 0 Å². The third-order valence-electron chi connectivity index (χ3n) is 4.52. The molecule has 2 heterocycles. The molecular weight excluding hydrogens is 269 g/mol. The maximum Gasteiger partial charge on any atom is 0.253 e. The van der Waals surface area contributed by atoms with Crippen LogP contribution in [0.2, 0.25) is 0 Å². The molecule has 21 heavy (non-hydrogen) atoms. The van der Waals surface area contributed by atoms with Crippen LogP contribution in [-0.2, 0) is 0 Å². The number of amides is 1. The molecule has 1 N–H and O–H groups in total. The van der Waals surface area contributed by atoms with E-state index in [9.17, 15) is 9.18 Å². The van der Waals surface area contributed by atoms with Crippen LogP contribution in [0.15, 0.2) is 18.2 Å². The van der Waals surface area contributed by atoms with Gasteiger partial charge in [0, 0.05) is 50.9 Å². The maximum absolute atomic E-state index is 13.3. The number of rotatable bonds is 2. The Kier molecular flexibility index (Phi) is 4.22. The van der Waals surface area contributed by atoms with Crippen LogP contribution < -0.4 is 5.32 Å². The van der Waals surface area contributed by atoms with Crippen molar-refractivity contribution in [1.82, 2.24) is 15.1 Å². The highest BCUT2D eigenvalue weighted by Crippen LogP contribution is 2.19. The van der Waals surface area contributed by atoms with Gasteiger partial charge >= 0.3 is 0 Å². The molecule has 2 aliphatic rings. The largest absolute Gasteiger partial charge is 0.337 e. The van der Waals surface area contributed by atoms with Crippen LogP contribution in [0.1, 0.15) is 22.3 Å². The normalized spacial score (nSPS) is 23.5. The second kappa shape index (κ2) is 6.12. The highest BCUT2D eigenvalue weighted by atomic mass is 19.1. The third kappa shape index (κ3) is 3.09. The molecule has 1 aromatic carbocycles. The summed E-state index contributed by atoms with van der Waals surface area (Å²) in [7, 11) is 0. The average molecular weight is 291 g/mol. The molecule has 1 atom stereocenters. The van der Waals surface area contributed by atoms with Gasteiger partial charge in [0.1, 0.15) is 5.82 Å². The van der Waals surface area contributed by atoms with Gasteiger partial charge in [-0.15, -0.1) is 0 Å². The zero-order valence-corrected chi connectivity index (χ0v) is 12.4. The Morgan fingerprint density at radius 3 is 2.76 bits per heavy atom. The smallest absolute Gasteiger partial charge is 0.253 e. The number of carbonyl (C=O) groups is 1. The maximum atomic E-state index is 13.3. The Labute approximate surface area is 124 Å². The molecule has 0 saturated carbocycles. The second-order valence-corrected chi connectivity index (χ2v) is 5.94. The average Bonchev–Trinajstić information content (AvgIpc) is 3.00. The van der Waals surface area contributed by atoms with E-state index in [1.165, 1.54) is 6.07 Å². The van der Waals surface area contributed by atoms with Crippen LogP contribution >= 0.6 is 0 Å². The monoisotopic (exact) mass is 291 g/mol. The molecule has 2 saturated heterocycles. The lowest BCUT2D eigenvalue weighted by molar-refractivity contribution is 0.0773. The van der Waals surface area contributed by atoms with E-state index in [1.807, 2.05) is 4.90 Å². The number of halogens is 1. The molecule has 1 amide bonds. The first-order valence-corrected chi connectivity index (χ1v) is 7.65. The molecule has 0 spiro atoms. The molecular formula is C16H22FN3O. The summed E-state index contributed by atoms with van der Waals surface area (Å²) >= 11 is 0. The van der Waals surface area contributed by atoms with Crippen molar-refractivity contribution in [3.05, 3.63) is 35.1 Å². The molecule has 4 nitrogen and oxygen atoms in total. The van der Waals surface area contributed by atoms with Crippen molar-refractivity contribution in [2.75, 3.05) is 39.3 Å². The van der Waals surface area contributed by atoms with Gasteiger partial charge in [-0.3, -0.25) is 9.69 Å². The number of nitrogens with zero attached hydrogens (tertiary/aromatic N) is 2. The lowest BCUT2D eigenvalue weighted by atomic mass is 10.1. The summed E-state index contributed by atoms with van der Waals surface area (Å²) in [5.74, 6) is -0.234. The van der Waals surface area contributed by atoms with Gasteiger partial charge in [0.2, 0.25) is 0 Å². The summed E-state index contributed by atoms with van der Waals surface area (Å²) in [6, 6.07) is 5.09. The van der Waals surface area contributed by atoms with E-state index in [2.05, 4.69) is 10.2 Å². The van der Waals surface area contributed by atoms with E-state index >= 15 is 0 Å². The molecule has 3 rings (SSSR count). The Morgan fingerprint density at radius 1 is 1.29 bits per heavy atom. The van der Waals surface area contributed by atoms with Crippen molar-refractivity contribution >= 4 is 5.91 Å². The Balaban J connectivity index is 1.64. The first-order chi connectivity index (χ1) is 10.1. The third-order valence-corrected chi connectivity index (χ3v) is 4.52. The van der Waals surface area contributed by atoms with Crippen LogP contribution in [0.4, 0.5) is 4.39 Å². The summed E-state index contributed by atoms with van der Waals surface area (Å²) in [6.45, 7) is 7.45. The molecule has 5 heteroatoms. The minimum Gasteiger partial charge on any atom is -0.337 e. The molecule has 1 unspecified atom stereocenters. The molecule has 0 radical (unpaired) electrons. The van der Waals surface area contributed by atoms with Gasteiger partial charge in [-0.05, 0) is 37.1 Å². The van der Waals surface area contributed by atoms with Gasteiger partial charge in [0.25, 0.3) is 5.91 Å². The molecule has 2 aliphatic heterocycles. The SMILES string of the molecule is Cc1cc(C(=O)N2CCC(N3CCNCC3)C2)ccc1F. The zero-order chi connectivity index (χ0) is 14.8.